The number of aryl methyl sites for hydroxylation is 1. The molecule has 4 nitrogen and oxygen atoms in total. The molecule has 0 unspecified atom stereocenters. The maximum atomic E-state index is 12.1. The molecule has 1 fully saturated rings. The summed E-state index contributed by atoms with van der Waals surface area (Å²) < 4.78 is 0. The Hall–Kier alpha value is -2.10. The van der Waals surface area contributed by atoms with E-state index in [4.69, 9.17) is 5.11 Å². The van der Waals surface area contributed by atoms with Crippen LogP contribution in [0.3, 0.4) is 0 Å². The Morgan fingerprint density at radius 3 is 2.65 bits per heavy atom. The van der Waals surface area contributed by atoms with Crippen molar-refractivity contribution >= 4 is 18.0 Å². The molecule has 1 atom stereocenters. The van der Waals surface area contributed by atoms with E-state index in [9.17, 15) is 9.59 Å². The molecule has 0 saturated carbocycles. The van der Waals surface area contributed by atoms with Gasteiger partial charge in [0.05, 0.1) is 5.92 Å². The molecule has 1 aliphatic rings. The molecular weight excluding hydrogens is 254 g/mol. The van der Waals surface area contributed by atoms with E-state index >= 15 is 0 Å². The average molecular weight is 273 g/mol. The second-order valence-corrected chi connectivity index (χ2v) is 5.21. The lowest BCUT2D eigenvalue weighted by Gasteiger charge is -2.29. The SMILES string of the molecule is Cc1ccc(/C=C/C(=O)N2CCC[C@@H](C(=O)O)C2)cc1. The van der Waals surface area contributed by atoms with Gasteiger partial charge in [-0.2, -0.15) is 0 Å². The van der Waals surface area contributed by atoms with Crippen molar-refractivity contribution in [1.29, 1.82) is 0 Å². The van der Waals surface area contributed by atoms with E-state index in [2.05, 4.69) is 0 Å². The first-order valence-corrected chi connectivity index (χ1v) is 6.83. The number of rotatable bonds is 3. The molecule has 0 radical (unpaired) electrons. The zero-order valence-corrected chi connectivity index (χ0v) is 11.6. The van der Waals surface area contributed by atoms with Crippen molar-refractivity contribution in [3.05, 3.63) is 41.5 Å². The molecule has 2 rings (SSSR count). The number of carboxylic acid groups (broad SMARTS) is 1. The third kappa shape index (κ3) is 3.70. The molecule has 0 aromatic heterocycles. The third-order valence-electron chi connectivity index (χ3n) is 3.58. The van der Waals surface area contributed by atoms with Gasteiger partial charge >= 0.3 is 5.97 Å². The smallest absolute Gasteiger partial charge is 0.308 e. The van der Waals surface area contributed by atoms with Gasteiger partial charge in [0.1, 0.15) is 0 Å². The van der Waals surface area contributed by atoms with Gasteiger partial charge in [-0.1, -0.05) is 29.8 Å². The second kappa shape index (κ2) is 6.37. The number of aliphatic carboxylic acids is 1. The van der Waals surface area contributed by atoms with Crippen molar-refractivity contribution in [2.75, 3.05) is 13.1 Å². The first-order valence-electron chi connectivity index (χ1n) is 6.83. The quantitative estimate of drug-likeness (QED) is 0.860. The van der Waals surface area contributed by atoms with Crippen LogP contribution >= 0.6 is 0 Å². The van der Waals surface area contributed by atoms with Crippen molar-refractivity contribution < 1.29 is 14.7 Å². The van der Waals surface area contributed by atoms with Gasteiger partial charge in [-0.15, -0.1) is 0 Å². The standard InChI is InChI=1S/C16H19NO3/c1-12-4-6-13(7-5-12)8-9-15(18)17-10-2-3-14(11-17)16(19)20/h4-9,14H,2-3,10-11H2,1H3,(H,19,20)/b9-8+/t14-/m1/s1. The van der Waals surface area contributed by atoms with E-state index in [0.717, 1.165) is 12.0 Å². The molecule has 1 aliphatic heterocycles. The summed E-state index contributed by atoms with van der Waals surface area (Å²) in [5, 5.41) is 9.02. The summed E-state index contributed by atoms with van der Waals surface area (Å²) in [7, 11) is 0. The van der Waals surface area contributed by atoms with Gasteiger partial charge in [-0.05, 0) is 31.4 Å². The summed E-state index contributed by atoms with van der Waals surface area (Å²) in [5.41, 5.74) is 2.14. The monoisotopic (exact) mass is 273 g/mol. The van der Waals surface area contributed by atoms with E-state index < -0.39 is 11.9 Å². The molecule has 0 aliphatic carbocycles. The Labute approximate surface area is 118 Å². The molecule has 1 heterocycles. The van der Waals surface area contributed by atoms with Crippen molar-refractivity contribution in [2.24, 2.45) is 5.92 Å². The molecule has 1 saturated heterocycles. The van der Waals surface area contributed by atoms with Gasteiger partial charge in [-0.25, -0.2) is 0 Å². The van der Waals surface area contributed by atoms with Crippen LogP contribution in [0.4, 0.5) is 0 Å². The fraction of sp³-hybridized carbons (Fsp3) is 0.375. The molecule has 1 aromatic carbocycles. The van der Waals surface area contributed by atoms with Crippen molar-refractivity contribution in [3.8, 4) is 0 Å². The molecule has 1 aromatic rings. The largest absolute Gasteiger partial charge is 0.481 e. The molecule has 0 spiro atoms. The molecule has 106 valence electrons. The molecule has 1 N–H and O–H groups in total. The average Bonchev–Trinajstić information content (AvgIpc) is 2.46. The number of piperidine rings is 1. The van der Waals surface area contributed by atoms with Gasteiger partial charge in [0.25, 0.3) is 0 Å². The maximum Gasteiger partial charge on any atom is 0.308 e. The molecule has 1 amide bonds. The second-order valence-electron chi connectivity index (χ2n) is 5.21. The number of hydrogen-bond acceptors (Lipinski definition) is 2. The van der Waals surface area contributed by atoms with Crippen LogP contribution in [0.2, 0.25) is 0 Å². The minimum atomic E-state index is -0.815. The molecule has 0 bridgehead atoms. The van der Waals surface area contributed by atoms with Crippen LogP contribution in [0.25, 0.3) is 6.08 Å². The maximum absolute atomic E-state index is 12.1. The fourth-order valence-corrected chi connectivity index (χ4v) is 2.33. The highest BCUT2D eigenvalue weighted by atomic mass is 16.4. The lowest BCUT2D eigenvalue weighted by Crippen LogP contribution is -2.41. The van der Waals surface area contributed by atoms with E-state index in [-0.39, 0.29) is 5.91 Å². The number of nitrogens with zero attached hydrogens (tertiary/aromatic N) is 1. The van der Waals surface area contributed by atoms with Crippen LogP contribution in [0.5, 0.6) is 0 Å². The van der Waals surface area contributed by atoms with Gasteiger partial charge < -0.3 is 10.0 Å². The minimum Gasteiger partial charge on any atom is -0.481 e. The summed E-state index contributed by atoms with van der Waals surface area (Å²) in [6.07, 6.45) is 4.70. The zero-order chi connectivity index (χ0) is 14.5. The lowest BCUT2D eigenvalue weighted by atomic mass is 9.98. The van der Waals surface area contributed by atoms with E-state index in [0.29, 0.717) is 19.5 Å². The van der Waals surface area contributed by atoms with Crippen molar-refractivity contribution in [2.45, 2.75) is 19.8 Å². The summed E-state index contributed by atoms with van der Waals surface area (Å²) in [4.78, 5) is 24.6. The van der Waals surface area contributed by atoms with Crippen LogP contribution in [-0.2, 0) is 9.59 Å². The fourth-order valence-electron chi connectivity index (χ4n) is 2.33. The summed E-state index contributed by atoms with van der Waals surface area (Å²) in [6, 6.07) is 7.89. The first kappa shape index (κ1) is 14.3. The number of benzene rings is 1. The summed E-state index contributed by atoms with van der Waals surface area (Å²) >= 11 is 0. The Balaban J connectivity index is 1.97. The number of carboxylic acids is 1. The molecule has 4 heteroatoms. The number of carbonyl (C=O) groups excluding carboxylic acids is 1. The van der Waals surface area contributed by atoms with E-state index in [1.807, 2.05) is 31.2 Å². The van der Waals surface area contributed by atoms with Crippen LogP contribution in [0.15, 0.2) is 30.3 Å². The molecular formula is C16H19NO3. The van der Waals surface area contributed by atoms with Crippen LogP contribution in [-0.4, -0.2) is 35.0 Å². The van der Waals surface area contributed by atoms with Gasteiger partial charge in [0.2, 0.25) is 5.91 Å². The highest BCUT2D eigenvalue weighted by molar-refractivity contribution is 5.92. The van der Waals surface area contributed by atoms with E-state index in [1.165, 1.54) is 11.6 Å². The zero-order valence-electron chi connectivity index (χ0n) is 11.6. The Kier molecular flexibility index (Phi) is 4.56. The number of likely N-dealkylation sites (tertiary alicyclic amines) is 1. The lowest BCUT2D eigenvalue weighted by molar-refractivity contribution is -0.144. The van der Waals surface area contributed by atoms with Gasteiger partial charge in [0.15, 0.2) is 0 Å². The number of amides is 1. The third-order valence-corrected chi connectivity index (χ3v) is 3.58. The highest BCUT2D eigenvalue weighted by Crippen LogP contribution is 2.17. The number of carbonyl (C=O) groups is 2. The van der Waals surface area contributed by atoms with Crippen LogP contribution < -0.4 is 0 Å². The topological polar surface area (TPSA) is 57.6 Å². The van der Waals surface area contributed by atoms with E-state index in [1.54, 1.807) is 11.0 Å². The molecule has 20 heavy (non-hydrogen) atoms. The Morgan fingerprint density at radius 1 is 1.30 bits per heavy atom. The highest BCUT2D eigenvalue weighted by Gasteiger charge is 2.26. The van der Waals surface area contributed by atoms with Gasteiger partial charge in [-0.3, -0.25) is 9.59 Å². The van der Waals surface area contributed by atoms with Crippen molar-refractivity contribution in [1.82, 2.24) is 4.90 Å². The predicted molar refractivity (Wildman–Crippen MR) is 77.2 cm³/mol. The van der Waals surface area contributed by atoms with Crippen molar-refractivity contribution in [3.63, 3.8) is 0 Å². The Bertz CT molecular complexity index is 519. The summed E-state index contributed by atoms with van der Waals surface area (Å²) in [6.45, 7) is 2.96. The number of hydrogen-bond donors (Lipinski definition) is 1. The van der Waals surface area contributed by atoms with Gasteiger partial charge in [0, 0.05) is 19.2 Å². The minimum absolute atomic E-state index is 0.114. The first-order chi connectivity index (χ1) is 9.56. The van der Waals surface area contributed by atoms with Crippen LogP contribution in [0, 0.1) is 12.8 Å². The Morgan fingerprint density at radius 2 is 2.00 bits per heavy atom. The van der Waals surface area contributed by atoms with Crippen LogP contribution in [0.1, 0.15) is 24.0 Å². The summed E-state index contributed by atoms with van der Waals surface area (Å²) in [5.74, 6) is -1.36. The normalized spacial score (nSPS) is 19.2. The predicted octanol–water partition coefficient (Wildman–Crippen LogP) is 2.33.